The SMILES string of the molecule is COc1ccc2c(c1)[C@H](c1cccs1)[C@]1(C2)C(=O)N1c1nccs1. The second-order valence-electron chi connectivity index (χ2n) is 6.07. The van der Waals surface area contributed by atoms with Crippen molar-refractivity contribution in [2.24, 2.45) is 0 Å². The van der Waals surface area contributed by atoms with Crippen LogP contribution >= 0.6 is 22.7 Å². The third-order valence-corrected chi connectivity index (χ3v) is 6.66. The van der Waals surface area contributed by atoms with Crippen LogP contribution in [0.1, 0.15) is 21.9 Å². The summed E-state index contributed by atoms with van der Waals surface area (Å²) in [5.74, 6) is 1.05. The van der Waals surface area contributed by atoms with Crippen LogP contribution < -0.4 is 9.64 Å². The number of fused-ring (bicyclic) bond motifs is 1. The van der Waals surface area contributed by atoms with Gasteiger partial charge in [0, 0.05) is 22.9 Å². The lowest BCUT2D eigenvalue weighted by atomic mass is 9.90. The molecule has 1 fully saturated rings. The van der Waals surface area contributed by atoms with Crippen molar-refractivity contribution in [2.75, 3.05) is 12.0 Å². The Bertz CT molecular complexity index is 921. The van der Waals surface area contributed by atoms with Crippen LogP contribution in [0.15, 0.2) is 47.3 Å². The van der Waals surface area contributed by atoms with Gasteiger partial charge in [-0.05, 0) is 34.7 Å². The van der Waals surface area contributed by atoms with Gasteiger partial charge >= 0.3 is 0 Å². The number of carbonyl (C=O) groups is 1. The zero-order valence-corrected chi connectivity index (χ0v) is 14.6. The number of hydrogen-bond acceptors (Lipinski definition) is 5. The second kappa shape index (κ2) is 4.91. The summed E-state index contributed by atoms with van der Waals surface area (Å²) < 4.78 is 5.41. The fraction of sp³-hybridized carbons (Fsp3) is 0.222. The number of anilines is 1. The Morgan fingerprint density at radius 1 is 1.29 bits per heavy atom. The summed E-state index contributed by atoms with van der Waals surface area (Å²) in [6.07, 6.45) is 2.48. The van der Waals surface area contributed by atoms with Gasteiger partial charge in [-0.15, -0.1) is 22.7 Å². The molecule has 0 saturated carbocycles. The lowest BCUT2D eigenvalue weighted by Gasteiger charge is -2.17. The fourth-order valence-corrected chi connectivity index (χ4v) is 5.53. The molecule has 1 amide bonds. The minimum atomic E-state index is -0.516. The maximum absolute atomic E-state index is 12.9. The van der Waals surface area contributed by atoms with E-state index in [1.54, 1.807) is 24.6 Å². The van der Waals surface area contributed by atoms with Gasteiger partial charge in [0.15, 0.2) is 5.13 Å². The van der Waals surface area contributed by atoms with E-state index < -0.39 is 5.54 Å². The zero-order chi connectivity index (χ0) is 16.3. The highest BCUT2D eigenvalue weighted by atomic mass is 32.1. The van der Waals surface area contributed by atoms with Crippen molar-refractivity contribution in [1.82, 2.24) is 4.98 Å². The Hall–Kier alpha value is -2.18. The lowest BCUT2D eigenvalue weighted by Crippen LogP contribution is -2.25. The van der Waals surface area contributed by atoms with E-state index in [0.717, 1.165) is 17.3 Å². The summed E-state index contributed by atoms with van der Waals surface area (Å²) in [7, 11) is 1.68. The molecule has 3 aromatic rings. The average molecular weight is 354 g/mol. The van der Waals surface area contributed by atoms with E-state index in [2.05, 4.69) is 28.6 Å². The molecule has 2 aromatic heterocycles. The summed E-state index contributed by atoms with van der Waals surface area (Å²) in [5.41, 5.74) is 1.91. The molecule has 2 aliphatic rings. The van der Waals surface area contributed by atoms with Gasteiger partial charge in [-0.2, -0.15) is 0 Å². The number of aromatic nitrogens is 1. The third kappa shape index (κ3) is 1.72. The lowest BCUT2D eigenvalue weighted by molar-refractivity contribution is -0.111. The van der Waals surface area contributed by atoms with E-state index in [1.807, 2.05) is 22.4 Å². The summed E-state index contributed by atoms with van der Waals surface area (Å²) in [6.45, 7) is 0. The summed E-state index contributed by atoms with van der Waals surface area (Å²) in [5, 5.41) is 4.78. The molecule has 2 atom stereocenters. The predicted octanol–water partition coefficient (Wildman–Crippen LogP) is 3.69. The van der Waals surface area contributed by atoms with Crippen molar-refractivity contribution in [3.8, 4) is 5.75 Å². The molecule has 1 spiro atoms. The topological polar surface area (TPSA) is 42.2 Å². The number of ether oxygens (including phenoxy) is 1. The van der Waals surface area contributed by atoms with Crippen LogP contribution in [0.4, 0.5) is 5.13 Å². The molecule has 5 rings (SSSR count). The first-order chi connectivity index (χ1) is 11.8. The van der Waals surface area contributed by atoms with E-state index in [4.69, 9.17) is 4.74 Å². The molecule has 1 aromatic carbocycles. The molecule has 1 aliphatic heterocycles. The highest BCUT2D eigenvalue weighted by Gasteiger charge is 2.72. The van der Waals surface area contributed by atoms with E-state index >= 15 is 0 Å². The first-order valence-electron chi connectivity index (χ1n) is 7.70. The molecule has 4 nitrogen and oxygen atoms in total. The number of benzene rings is 1. The van der Waals surface area contributed by atoms with Gasteiger partial charge in [-0.3, -0.25) is 9.69 Å². The minimum absolute atomic E-state index is 0.0407. The Morgan fingerprint density at radius 3 is 2.92 bits per heavy atom. The standard InChI is InChI=1S/C18H14N2O2S2/c1-22-12-5-4-11-10-18(16(21)20(18)17-19-6-8-24-17)15(13(11)9-12)14-3-2-7-23-14/h2-9,15H,10H2,1H3/t15-,18-,20?/m1/s1. The molecule has 1 saturated heterocycles. The number of thiophene rings is 1. The average Bonchev–Trinajstić information content (AvgIpc) is 3.15. The van der Waals surface area contributed by atoms with Gasteiger partial charge in [0.25, 0.3) is 5.91 Å². The molecular weight excluding hydrogens is 340 g/mol. The Morgan fingerprint density at radius 2 is 2.21 bits per heavy atom. The van der Waals surface area contributed by atoms with Gasteiger partial charge in [-0.25, -0.2) is 4.98 Å². The fourth-order valence-electron chi connectivity index (χ4n) is 3.89. The zero-order valence-electron chi connectivity index (χ0n) is 12.9. The normalized spacial score (nSPS) is 24.5. The molecule has 0 unspecified atom stereocenters. The van der Waals surface area contributed by atoms with Crippen molar-refractivity contribution in [3.05, 3.63) is 63.3 Å². The molecule has 24 heavy (non-hydrogen) atoms. The number of hydrogen-bond donors (Lipinski definition) is 0. The molecule has 0 N–H and O–H groups in total. The second-order valence-corrected chi connectivity index (χ2v) is 7.92. The molecule has 0 radical (unpaired) electrons. The maximum Gasteiger partial charge on any atom is 0.257 e. The molecule has 120 valence electrons. The van der Waals surface area contributed by atoms with Crippen LogP contribution in [0.5, 0.6) is 5.75 Å². The van der Waals surface area contributed by atoms with Crippen molar-refractivity contribution in [2.45, 2.75) is 17.9 Å². The minimum Gasteiger partial charge on any atom is -0.497 e. The Labute approximate surface area is 147 Å². The number of carbonyl (C=O) groups excluding carboxylic acids is 1. The predicted molar refractivity (Wildman–Crippen MR) is 95.2 cm³/mol. The summed E-state index contributed by atoms with van der Waals surface area (Å²) in [4.78, 5) is 20.4. The van der Waals surface area contributed by atoms with Crippen LogP contribution in [-0.2, 0) is 11.2 Å². The van der Waals surface area contributed by atoms with E-state index in [9.17, 15) is 4.79 Å². The molecular formula is C18H14N2O2S2. The third-order valence-electron chi connectivity index (χ3n) is 4.96. The van der Waals surface area contributed by atoms with E-state index in [1.165, 1.54) is 27.3 Å². The number of nitrogens with zero attached hydrogens (tertiary/aromatic N) is 2. The molecule has 0 bridgehead atoms. The maximum atomic E-state index is 12.9. The van der Waals surface area contributed by atoms with Crippen LogP contribution in [0.2, 0.25) is 0 Å². The summed E-state index contributed by atoms with van der Waals surface area (Å²) in [6, 6.07) is 10.3. The van der Waals surface area contributed by atoms with Crippen LogP contribution in [0.3, 0.4) is 0 Å². The molecule has 6 heteroatoms. The van der Waals surface area contributed by atoms with Crippen LogP contribution in [0.25, 0.3) is 0 Å². The smallest absolute Gasteiger partial charge is 0.257 e. The largest absolute Gasteiger partial charge is 0.497 e. The first kappa shape index (κ1) is 14.2. The number of amides is 1. The van der Waals surface area contributed by atoms with Gasteiger partial charge < -0.3 is 4.74 Å². The van der Waals surface area contributed by atoms with Gasteiger partial charge in [0.2, 0.25) is 0 Å². The first-order valence-corrected chi connectivity index (χ1v) is 9.46. The van der Waals surface area contributed by atoms with E-state index in [0.29, 0.717) is 0 Å². The number of rotatable bonds is 3. The molecule has 1 aliphatic carbocycles. The monoisotopic (exact) mass is 354 g/mol. The molecule has 3 heterocycles. The number of methoxy groups -OCH3 is 1. The highest BCUT2D eigenvalue weighted by Crippen LogP contribution is 2.59. The highest BCUT2D eigenvalue weighted by molar-refractivity contribution is 7.14. The Kier molecular flexibility index (Phi) is 2.90. The van der Waals surface area contributed by atoms with Crippen LogP contribution in [0, 0.1) is 0 Å². The van der Waals surface area contributed by atoms with Crippen molar-refractivity contribution < 1.29 is 9.53 Å². The van der Waals surface area contributed by atoms with Crippen molar-refractivity contribution >= 4 is 33.7 Å². The Balaban J connectivity index is 1.68. The quantitative estimate of drug-likeness (QED) is 0.674. The van der Waals surface area contributed by atoms with Gasteiger partial charge in [0.1, 0.15) is 11.3 Å². The van der Waals surface area contributed by atoms with E-state index in [-0.39, 0.29) is 11.8 Å². The van der Waals surface area contributed by atoms with Crippen molar-refractivity contribution in [1.29, 1.82) is 0 Å². The van der Waals surface area contributed by atoms with Gasteiger partial charge in [-0.1, -0.05) is 12.1 Å². The number of thiazole rings is 1. The van der Waals surface area contributed by atoms with Gasteiger partial charge in [0.05, 0.1) is 13.0 Å². The summed E-state index contributed by atoms with van der Waals surface area (Å²) >= 11 is 3.22. The van der Waals surface area contributed by atoms with Crippen molar-refractivity contribution in [3.63, 3.8) is 0 Å². The van der Waals surface area contributed by atoms with Crippen LogP contribution in [-0.4, -0.2) is 23.5 Å².